The van der Waals surface area contributed by atoms with Crippen LogP contribution in [0.5, 0.6) is 0 Å². The molecule has 0 spiro atoms. The highest BCUT2D eigenvalue weighted by Crippen LogP contribution is 2.13. The van der Waals surface area contributed by atoms with Crippen molar-refractivity contribution in [3.8, 4) is 0 Å². The van der Waals surface area contributed by atoms with E-state index in [1.165, 1.54) is 14.0 Å². The lowest BCUT2D eigenvalue weighted by Gasteiger charge is -2.24. The van der Waals surface area contributed by atoms with Crippen LogP contribution in [0.25, 0.3) is 0 Å². The zero-order valence-corrected chi connectivity index (χ0v) is 9.87. The van der Waals surface area contributed by atoms with Crippen molar-refractivity contribution in [1.82, 2.24) is 0 Å². The van der Waals surface area contributed by atoms with E-state index in [1.807, 2.05) is 0 Å². The van der Waals surface area contributed by atoms with E-state index in [1.54, 1.807) is 20.8 Å². The average molecular weight is 217 g/mol. The van der Waals surface area contributed by atoms with Gasteiger partial charge in [-0.15, -0.1) is 0 Å². The summed E-state index contributed by atoms with van der Waals surface area (Å²) in [5.74, 6) is -1.83. The van der Waals surface area contributed by atoms with E-state index in [4.69, 9.17) is 10.5 Å². The summed E-state index contributed by atoms with van der Waals surface area (Å²) in [6.07, 6.45) is 0. The Kier molecular flexibility index (Phi) is 4.74. The van der Waals surface area contributed by atoms with E-state index in [0.29, 0.717) is 0 Å². The molecule has 5 heteroatoms. The molecule has 0 aliphatic carbocycles. The fourth-order valence-electron chi connectivity index (χ4n) is 0.882. The van der Waals surface area contributed by atoms with Gasteiger partial charge in [-0.2, -0.15) is 0 Å². The maximum atomic E-state index is 11.5. The minimum absolute atomic E-state index is 0.500. The zero-order valence-electron chi connectivity index (χ0n) is 9.87. The van der Waals surface area contributed by atoms with Crippen molar-refractivity contribution in [3.63, 3.8) is 0 Å². The first kappa shape index (κ1) is 13.9. The summed E-state index contributed by atoms with van der Waals surface area (Å²) in [7, 11) is 1.23. The zero-order chi connectivity index (χ0) is 12.2. The first-order chi connectivity index (χ1) is 6.69. The van der Waals surface area contributed by atoms with Crippen LogP contribution in [-0.2, 0) is 19.1 Å². The molecule has 0 heterocycles. The Morgan fingerprint density at radius 1 is 1.20 bits per heavy atom. The van der Waals surface area contributed by atoms with Crippen LogP contribution in [0.1, 0.15) is 27.7 Å². The maximum Gasteiger partial charge on any atom is 0.323 e. The quantitative estimate of drug-likeness (QED) is 0.695. The fourth-order valence-corrected chi connectivity index (χ4v) is 0.882. The molecule has 0 saturated carbocycles. The molecule has 0 radical (unpaired) electrons. The Balaban J connectivity index is 4.39. The Morgan fingerprint density at radius 2 is 1.67 bits per heavy atom. The van der Waals surface area contributed by atoms with Crippen LogP contribution in [0.3, 0.4) is 0 Å². The fraction of sp³-hybridized carbons (Fsp3) is 0.800. The first-order valence-electron chi connectivity index (χ1n) is 4.75. The summed E-state index contributed by atoms with van der Waals surface area (Å²) in [5, 5.41) is 0. The van der Waals surface area contributed by atoms with Gasteiger partial charge in [0.1, 0.15) is 11.6 Å². The van der Waals surface area contributed by atoms with Crippen molar-refractivity contribution in [3.05, 3.63) is 0 Å². The van der Waals surface area contributed by atoms with Gasteiger partial charge in [-0.05, 0) is 27.7 Å². The average Bonchev–Trinajstić information content (AvgIpc) is 2.11. The molecule has 0 aliphatic rings. The van der Waals surface area contributed by atoms with Gasteiger partial charge in [0.15, 0.2) is 0 Å². The maximum absolute atomic E-state index is 11.5. The van der Waals surface area contributed by atoms with E-state index in [-0.39, 0.29) is 0 Å². The molecule has 0 bridgehead atoms. The third kappa shape index (κ3) is 4.78. The van der Waals surface area contributed by atoms with Crippen molar-refractivity contribution in [2.24, 2.45) is 11.7 Å². The molecule has 0 aromatic carbocycles. The Morgan fingerprint density at radius 3 is 2.00 bits per heavy atom. The van der Waals surface area contributed by atoms with E-state index >= 15 is 0 Å². The standard InChI is InChI=1S/C10H19NO4/c1-6(7(11)9(13)14-5)8(12)15-10(2,3)4/h6-7H,11H2,1-5H3/t6?,7-/m0/s1. The summed E-state index contributed by atoms with van der Waals surface area (Å²) in [6.45, 7) is 6.79. The predicted molar refractivity (Wildman–Crippen MR) is 55.0 cm³/mol. The van der Waals surface area contributed by atoms with Gasteiger partial charge in [0.25, 0.3) is 0 Å². The van der Waals surface area contributed by atoms with Crippen LogP contribution < -0.4 is 5.73 Å². The molecule has 0 fully saturated rings. The minimum atomic E-state index is -0.982. The van der Waals surface area contributed by atoms with E-state index in [9.17, 15) is 9.59 Å². The highest BCUT2D eigenvalue weighted by molar-refractivity contribution is 5.84. The molecule has 2 atom stereocenters. The van der Waals surface area contributed by atoms with Crippen LogP contribution in [-0.4, -0.2) is 30.7 Å². The molecule has 2 N–H and O–H groups in total. The van der Waals surface area contributed by atoms with Crippen molar-refractivity contribution >= 4 is 11.9 Å². The third-order valence-corrected chi connectivity index (χ3v) is 1.79. The molecule has 0 aromatic rings. The highest BCUT2D eigenvalue weighted by atomic mass is 16.6. The molecule has 0 aliphatic heterocycles. The second-order valence-electron chi connectivity index (χ2n) is 4.37. The molecule has 0 amide bonds. The summed E-state index contributed by atoms with van der Waals surface area (Å²) in [5.41, 5.74) is 4.93. The molecule has 0 aromatic heterocycles. The van der Waals surface area contributed by atoms with E-state index in [0.717, 1.165) is 0 Å². The molecular weight excluding hydrogens is 198 g/mol. The summed E-state index contributed by atoms with van der Waals surface area (Å²) < 4.78 is 9.53. The second-order valence-corrected chi connectivity index (χ2v) is 4.37. The van der Waals surface area contributed by atoms with Gasteiger partial charge in [-0.25, -0.2) is 0 Å². The number of ether oxygens (including phenoxy) is 2. The first-order valence-corrected chi connectivity index (χ1v) is 4.75. The monoisotopic (exact) mass is 217 g/mol. The SMILES string of the molecule is COC(=O)[C@@H](N)C(C)C(=O)OC(C)(C)C. The number of rotatable bonds is 3. The number of hydrogen-bond donors (Lipinski definition) is 1. The third-order valence-electron chi connectivity index (χ3n) is 1.79. The number of hydrogen-bond acceptors (Lipinski definition) is 5. The molecule has 88 valence electrons. The van der Waals surface area contributed by atoms with Crippen molar-refractivity contribution < 1.29 is 19.1 Å². The number of carbonyl (C=O) groups excluding carboxylic acids is 2. The molecule has 1 unspecified atom stereocenters. The van der Waals surface area contributed by atoms with Crippen molar-refractivity contribution in [1.29, 1.82) is 0 Å². The Hall–Kier alpha value is -1.10. The van der Waals surface area contributed by atoms with Gasteiger partial charge in [0.2, 0.25) is 0 Å². The lowest BCUT2D eigenvalue weighted by molar-refractivity contribution is -0.163. The molecule has 0 rings (SSSR count). The van der Waals surface area contributed by atoms with Gasteiger partial charge < -0.3 is 15.2 Å². The summed E-state index contributed by atoms with van der Waals surface area (Å²) in [6, 6.07) is -0.982. The van der Waals surface area contributed by atoms with Gasteiger partial charge in [0, 0.05) is 0 Å². The molecule has 0 saturated heterocycles. The van der Waals surface area contributed by atoms with Gasteiger partial charge >= 0.3 is 11.9 Å². The smallest absolute Gasteiger partial charge is 0.323 e. The van der Waals surface area contributed by atoms with Crippen LogP contribution in [0.15, 0.2) is 0 Å². The Bertz CT molecular complexity index is 244. The lowest BCUT2D eigenvalue weighted by Crippen LogP contribution is -2.43. The Labute approximate surface area is 89.9 Å². The van der Waals surface area contributed by atoms with Crippen LogP contribution in [0, 0.1) is 5.92 Å². The normalized spacial score (nSPS) is 15.3. The largest absolute Gasteiger partial charge is 0.468 e. The van der Waals surface area contributed by atoms with Crippen molar-refractivity contribution in [2.45, 2.75) is 39.3 Å². The number of esters is 2. The molecule has 5 nitrogen and oxygen atoms in total. The second kappa shape index (κ2) is 5.11. The highest BCUT2D eigenvalue weighted by Gasteiger charge is 2.31. The minimum Gasteiger partial charge on any atom is -0.468 e. The van der Waals surface area contributed by atoms with Crippen LogP contribution in [0.2, 0.25) is 0 Å². The predicted octanol–water partition coefficient (Wildman–Crippen LogP) is 0.464. The van der Waals surface area contributed by atoms with Crippen LogP contribution >= 0.6 is 0 Å². The number of nitrogens with two attached hydrogens (primary N) is 1. The molecule has 15 heavy (non-hydrogen) atoms. The van der Waals surface area contributed by atoms with Gasteiger partial charge in [-0.1, -0.05) is 0 Å². The topological polar surface area (TPSA) is 78.6 Å². The summed E-state index contributed by atoms with van der Waals surface area (Å²) >= 11 is 0. The van der Waals surface area contributed by atoms with E-state index in [2.05, 4.69) is 4.74 Å². The molecular formula is C10H19NO4. The number of carbonyl (C=O) groups is 2. The lowest BCUT2D eigenvalue weighted by atomic mass is 10.0. The van der Waals surface area contributed by atoms with Crippen molar-refractivity contribution in [2.75, 3.05) is 7.11 Å². The number of methoxy groups -OCH3 is 1. The van der Waals surface area contributed by atoms with E-state index < -0.39 is 29.5 Å². The summed E-state index contributed by atoms with van der Waals surface area (Å²) in [4.78, 5) is 22.6. The van der Waals surface area contributed by atoms with Crippen LogP contribution in [0.4, 0.5) is 0 Å². The van der Waals surface area contributed by atoms with Gasteiger partial charge in [-0.3, -0.25) is 9.59 Å². The van der Waals surface area contributed by atoms with Gasteiger partial charge in [0.05, 0.1) is 13.0 Å².